The zero-order valence-electron chi connectivity index (χ0n) is 21.0. The first-order chi connectivity index (χ1) is 17.5. The average molecular weight is 484 g/mol. The molecule has 3 aromatic carbocycles. The summed E-state index contributed by atoms with van der Waals surface area (Å²) < 4.78 is 5.33. The first kappa shape index (κ1) is 23.9. The maximum atomic E-state index is 13.9. The maximum absolute atomic E-state index is 13.9. The van der Waals surface area contributed by atoms with E-state index in [9.17, 15) is 9.59 Å². The van der Waals surface area contributed by atoms with Gasteiger partial charge in [-0.2, -0.15) is 0 Å². The SMILES string of the molecule is COc1ccc([C@@H]2CN(C(=O)c3ccccc3)C[C@H]2C(=O)N2CCN(c3ccccc3C)CC2)cc1. The van der Waals surface area contributed by atoms with Gasteiger partial charge in [-0.15, -0.1) is 0 Å². The Morgan fingerprint density at radius 2 is 1.44 bits per heavy atom. The van der Waals surface area contributed by atoms with Crippen molar-refractivity contribution in [2.75, 3.05) is 51.3 Å². The van der Waals surface area contributed by atoms with E-state index in [4.69, 9.17) is 4.74 Å². The summed E-state index contributed by atoms with van der Waals surface area (Å²) in [6.07, 6.45) is 0. The van der Waals surface area contributed by atoms with E-state index in [1.165, 1.54) is 11.3 Å². The molecule has 6 heteroatoms. The summed E-state index contributed by atoms with van der Waals surface area (Å²) in [6, 6.07) is 25.6. The van der Waals surface area contributed by atoms with Crippen LogP contribution in [0.4, 0.5) is 5.69 Å². The fourth-order valence-electron chi connectivity index (χ4n) is 5.49. The summed E-state index contributed by atoms with van der Waals surface area (Å²) in [4.78, 5) is 33.3. The minimum absolute atomic E-state index is 0.0196. The monoisotopic (exact) mass is 483 g/mol. The fourth-order valence-corrected chi connectivity index (χ4v) is 5.49. The number of piperazine rings is 1. The van der Waals surface area contributed by atoms with Crippen LogP contribution in [0.3, 0.4) is 0 Å². The number of amides is 2. The van der Waals surface area contributed by atoms with E-state index in [2.05, 4.69) is 36.1 Å². The van der Waals surface area contributed by atoms with E-state index in [-0.39, 0.29) is 23.7 Å². The highest BCUT2D eigenvalue weighted by atomic mass is 16.5. The van der Waals surface area contributed by atoms with Gasteiger partial charge in [0, 0.05) is 56.4 Å². The summed E-state index contributed by atoms with van der Waals surface area (Å²) in [7, 11) is 1.65. The Morgan fingerprint density at radius 3 is 2.11 bits per heavy atom. The molecule has 2 atom stereocenters. The molecule has 0 aromatic heterocycles. The van der Waals surface area contributed by atoms with Gasteiger partial charge in [-0.3, -0.25) is 9.59 Å². The Bertz CT molecular complexity index is 1200. The molecule has 2 aliphatic rings. The van der Waals surface area contributed by atoms with Crippen molar-refractivity contribution in [3.63, 3.8) is 0 Å². The summed E-state index contributed by atoms with van der Waals surface area (Å²) in [5.41, 5.74) is 4.21. The van der Waals surface area contributed by atoms with Crippen molar-refractivity contribution in [2.45, 2.75) is 12.8 Å². The average Bonchev–Trinajstić information content (AvgIpc) is 3.39. The molecular formula is C30H33N3O3. The van der Waals surface area contributed by atoms with E-state index in [1.54, 1.807) is 7.11 Å². The predicted molar refractivity (Wildman–Crippen MR) is 142 cm³/mol. The van der Waals surface area contributed by atoms with Gasteiger partial charge in [0.25, 0.3) is 5.91 Å². The Hall–Kier alpha value is -3.80. The van der Waals surface area contributed by atoms with Crippen LogP contribution in [0.5, 0.6) is 5.75 Å². The van der Waals surface area contributed by atoms with Crippen molar-refractivity contribution in [3.05, 3.63) is 95.6 Å². The third-order valence-corrected chi connectivity index (χ3v) is 7.54. The highest BCUT2D eigenvalue weighted by molar-refractivity contribution is 5.95. The van der Waals surface area contributed by atoms with Crippen molar-refractivity contribution in [2.24, 2.45) is 5.92 Å². The molecule has 36 heavy (non-hydrogen) atoms. The number of carbonyl (C=O) groups excluding carboxylic acids is 2. The number of ether oxygens (including phenoxy) is 1. The Kier molecular flexibility index (Phi) is 6.94. The third-order valence-electron chi connectivity index (χ3n) is 7.54. The van der Waals surface area contributed by atoms with Crippen molar-refractivity contribution >= 4 is 17.5 Å². The number of methoxy groups -OCH3 is 1. The molecule has 0 aliphatic carbocycles. The quantitative estimate of drug-likeness (QED) is 0.546. The summed E-state index contributed by atoms with van der Waals surface area (Å²) >= 11 is 0. The minimum atomic E-state index is -0.268. The molecule has 2 aliphatic heterocycles. The lowest BCUT2D eigenvalue weighted by Gasteiger charge is -2.38. The van der Waals surface area contributed by atoms with Gasteiger partial charge >= 0.3 is 0 Å². The van der Waals surface area contributed by atoms with Crippen molar-refractivity contribution in [3.8, 4) is 5.75 Å². The van der Waals surface area contributed by atoms with Crippen LogP contribution in [0, 0.1) is 12.8 Å². The molecule has 2 saturated heterocycles. The number of nitrogens with zero attached hydrogens (tertiary/aromatic N) is 3. The molecule has 0 N–H and O–H groups in total. The van der Waals surface area contributed by atoms with Gasteiger partial charge in [-0.1, -0.05) is 48.5 Å². The number of para-hydroxylation sites is 1. The van der Waals surface area contributed by atoms with Gasteiger partial charge in [-0.25, -0.2) is 0 Å². The van der Waals surface area contributed by atoms with Gasteiger partial charge in [0.05, 0.1) is 13.0 Å². The van der Waals surface area contributed by atoms with Gasteiger partial charge in [0.1, 0.15) is 5.75 Å². The van der Waals surface area contributed by atoms with Crippen LogP contribution >= 0.6 is 0 Å². The molecule has 6 nitrogen and oxygen atoms in total. The Balaban J connectivity index is 1.34. The minimum Gasteiger partial charge on any atom is -0.497 e. The van der Waals surface area contributed by atoms with Crippen LogP contribution < -0.4 is 9.64 Å². The van der Waals surface area contributed by atoms with Crippen LogP contribution in [-0.2, 0) is 4.79 Å². The molecule has 2 amide bonds. The maximum Gasteiger partial charge on any atom is 0.253 e. The zero-order chi connectivity index (χ0) is 25.1. The van der Waals surface area contributed by atoms with Crippen LogP contribution in [0.2, 0.25) is 0 Å². The molecule has 5 rings (SSSR count). The van der Waals surface area contributed by atoms with Gasteiger partial charge < -0.3 is 19.4 Å². The molecule has 0 spiro atoms. The molecule has 2 heterocycles. The lowest BCUT2D eigenvalue weighted by atomic mass is 9.87. The number of benzene rings is 3. The lowest BCUT2D eigenvalue weighted by Crippen LogP contribution is -2.51. The molecule has 0 bridgehead atoms. The van der Waals surface area contributed by atoms with Gasteiger partial charge in [-0.05, 0) is 48.4 Å². The Labute approximate surface area is 213 Å². The number of hydrogen-bond acceptors (Lipinski definition) is 4. The first-order valence-corrected chi connectivity index (χ1v) is 12.6. The molecule has 2 fully saturated rings. The number of hydrogen-bond donors (Lipinski definition) is 0. The van der Waals surface area contributed by atoms with E-state index >= 15 is 0 Å². The number of rotatable bonds is 5. The van der Waals surface area contributed by atoms with Crippen LogP contribution in [-0.4, -0.2) is 68.0 Å². The smallest absolute Gasteiger partial charge is 0.253 e. The number of carbonyl (C=O) groups is 2. The standard InChI is InChI=1S/C30H33N3O3/c1-22-8-6-7-11-28(22)31-16-18-32(19-17-31)30(35)27-21-33(29(34)24-9-4-3-5-10-24)20-26(27)23-12-14-25(36-2)15-13-23/h3-15,26-27H,16-21H2,1-2H3/t26-,27+/m0/s1. The molecule has 0 saturated carbocycles. The first-order valence-electron chi connectivity index (χ1n) is 12.6. The van der Waals surface area contributed by atoms with Crippen LogP contribution in [0.15, 0.2) is 78.9 Å². The van der Waals surface area contributed by atoms with E-state index in [0.717, 1.165) is 24.4 Å². The van der Waals surface area contributed by atoms with Crippen molar-refractivity contribution in [1.82, 2.24) is 9.80 Å². The second kappa shape index (κ2) is 10.4. The second-order valence-electron chi connectivity index (χ2n) is 9.66. The molecule has 186 valence electrons. The molecule has 3 aromatic rings. The topological polar surface area (TPSA) is 53.1 Å². The van der Waals surface area contributed by atoms with Crippen molar-refractivity contribution < 1.29 is 14.3 Å². The van der Waals surface area contributed by atoms with Gasteiger partial charge in [0.2, 0.25) is 5.91 Å². The number of aryl methyl sites for hydroxylation is 1. The van der Waals surface area contributed by atoms with E-state index in [1.807, 2.05) is 64.4 Å². The molecule has 0 unspecified atom stereocenters. The number of anilines is 1. The second-order valence-corrected chi connectivity index (χ2v) is 9.66. The third kappa shape index (κ3) is 4.81. The zero-order valence-corrected chi connectivity index (χ0v) is 21.0. The lowest BCUT2D eigenvalue weighted by molar-refractivity contribution is -0.135. The van der Waals surface area contributed by atoms with E-state index < -0.39 is 0 Å². The summed E-state index contributed by atoms with van der Waals surface area (Å²) in [5, 5.41) is 0. The normalized spacial score (nSPS) is 19.9. The van der Waals surface area contributed by atoms with Crippen LogP contribution in [0.1, 0.15) is 27.4 Å². The molecular weight excluding hydrogens is 450 g/mol. The predicted octanol–water partition coefficient (Wildman–Crippen LogP) is 4.21. The Morgan fingerprint density at radius 1 is 0.778 bits per heavy atom. The van der Waals surface area contributed by atoms with Crippen molar-refractivity contribution in [1.29, 1.82) is 0 Å². The fraction of sp³-hybridized carbons (Fsp3) is 0.333. The highest BCUT2D eigenvalue weighted by Crippen LogP contribution is 2.36. The van der Waals surface area contributed by atoms with Gasteiger partial charge in [0.15, 0.2) is 0 Å². The van der Waals surface area contributed by atoms with E-state index in [0.29, 0.717) is 31.7 Å². The summed E-state index contributed by atoms with van der Waals surface area (Å²) in [5.74, 6) is 0.586. The number of likely N-dealkylation sites (tertiary alicyclic amines) is 1. The summed E-state index contributed by atoms with van der Waals surface area (Å²) in [6.45, 7) is 6.08. The van der Waals surface area contributed by atoms with Crippen LogP contribution in [0.25, 0.3) is 0 Å². The molecule has 0 radical (unpaired) electrons. The highest BCUT2D eigenvalue weighted by Gasteiger charge is 2.42. The largest absolute Gasteiger partial charge is 0.497 e.